The molecule has 41 heteroatoms. The van der Waals surface area contributed by atoms with E-state index < -0.39 is 147 Å². The van der Waals surface area contributed by atoms with Gasteiger partial charge in [0, 0.05) is 25.3 Å². The van der Waals surface area contributed by atoms with Gasteiger partial charge in [-0.1, -0.05) is 0 Å². The maximum atomic E-state index is 13.6. The molecule has 5 aromatic heterocycles. The Morgan fingerprint density at radius 1 is 0.737 bits per heavy atom. The molecule has 3 aliphatic rings. The third kappa shape index (κ3) is 12.5. The van der Waals surface area contributed by atoms with Crippen molar-refractivity contribution in [3.8, 4) is 0 Å². The van der Waals surface area contributed by atoms with Crippen molar-refractivity contribution in [2.24, 2.45) is 13.0 Å². The number of aromatic amines is 2. The molecule has 3 aliphatic heterocycles. The number of ether oxygens (including phenoxy) is 5. The number of fused-ring (bicyclic) bond motifs is 2. The van der Waals surface area contributed by atoms with Crippen molar-refractivity contribution in [1.29, 1.82) is 0 Å². The van der Waals surface area contributed by atoms with Crippen LogP contribution < -0.4 is 32.8 Å². The standard InChI is InChI=1S/C35H50N12O25P4/c1-14(2)63-7-15-16(67-31(22(15)49)47-13-44(3)21-29(47)42-34(37)43-30(21)52)8-65-74(56,57)71-76(60,61)72-75(58,59)66-10-18-25(26(62-4)33(69-18)46-12-40-20-27(36)38-11-39-28(20)46)70-73(54,55)64-9-17-23(50)24(51)32(68-17)45-6-5-19(48)41-35(45)53/h5-6,11-18,22-26,31-33,49-51H,7-10H2,1-4H3,(H9-,36,37,38,39,41,42,43,48,52,53,54,55,56,57,58,59,60,61)/p+1/t15-,16-,17-,18-,22-,23-,24-,25-,26-,31-,32-,33-/m1/s1. The number of aliphatic hydroxyl groups is 3. The number of rotatable bonds is 22. The normalized spacial score (nSPS) is 30.2. The summed E-state index contributed by atoms with van der Waals surface area (Å²) in [6.45, 7) is -0.118. The van der Waals surface area contributed by atoms with Gasteiger partial charge in [0.05, 0.1) is 52.0 Å². The summed E-state index contributed by atoms with van der Waals surface area (Å²) < 4.78 is 115. The Labute approximate surface area is 424 Å². The fourth-order valence-corrected chi connectivity index (χ4v) is 12.9. The highest BCUT2D eigenvalue weighted by Crippen LogP contribution is 2.68. The first-order valence-corrected chi connectivity index (χ1v) is 28.1. The van der Waals surface area contributed by atoms with Crippen LogP contribution in [0.1, 0.15) is 32.5 Å². The Morgan fingerprint density at radius 3 is 2.01 bits per heavy atom. The summed E-state index contributed by atoms with van der Waals surface area (Å²) in [6.07, 6.45) is -13.7. The van der Waals surface area contributed by atoms with Crippen molar-refractivity contribution in [2.45, 2.75) is 87.5 Å². The van der Waals surface area contributed by atoms with Crippen molar-refractivity contribution in [1.82, 2.24) is 43.6 Å². The number of nitrogens with one attached hydrogen (secondary N) is 2. The summed E-state index contributed by atoms with van der Waals surface area (Å²) in [7, 11) is -20.8. The Morgan fingerprint density at radius 2 is 1.36 bits per heavy atom. The van der Waals surface area contributed by atoms with Crippen LogP contribution in [0.2, 0.25) is 0 Å². The van der Waals surface area contributed by atoms with Crippen molar-refractivity contribution >= 4 is 65.4 Å². The van der Waals surface area contributed by atoms with Crippen LogP contribution in [0, 0.1) is 5.92 Å². The van der Waals surface area contributed by atoms with Gasteiger partial charge in [0.1, 0.15) is 54.6 Å². The second-order valence-corrected chi connectivity index (χ2v) is 23.3. The number of phosphoric acid groups is 4. The van der Waals surface area contributed by atoms with Crippen LogP contribution in [0.4, 0.5) is 11.8 Å². The summed E-state index contributed by atoms with van der Waals surface area (Å²) in [5.41, 5.74) is 9.33. The number of aromatic nitrogens is 10. The summed E-state index contributed by atoms with van der Waals surface area (Å²) in [6, 6.07) is 0.926. The molecule has 76 heavy (non-hydrogen) atoms. The predicted molar refractivity (Wildman–Crippen MR) is 246 cm³/mol. The minimum absolute atomic E-state index is 0.00915. The number of hydrogen-bond acceptors (Lipinski definition) is 27. The number of nitrogens with two attached hydrogens (primary N) is 2. The minimum Gasteiger partial charge on any atom is -0.387 e. The van der Waals surface area contributed by atoms with Crippen LogP contribution in [-0.2, 0) is 75.7 Å². The highest BCUT2D eigenvalue weighted by molar-refractivity contribution is 7.66. The van der Waals surface area contributed by atoms with E-state index in [1.54, 1.807) is 13.8 Å². The molecule has 0 radical (unpaired) electrons. The number of methoxy groups -OCH3 is 1. The smallest absolute Gasteiger partial charge is 0.387 e. The molecule has 0 aliphatic carbocycles. The number of nitrogen functional groups attached to an aromatic ring is 2. The summed E-state index contributed by atoms with van der Waals surface area (Å²) in [5, 5.41) is 32.7. The first-order chi connectivity index (χ1) is 35.6. The van der Waals surface area contributed by atoms with E-state index in [9.17, 15) is 67.5 Å². The molecule has 16 atom stereocenters. The van der Waals surface area contributed by atoms with Gasteiger partial charge < -0.3 is 70.0 Å². The van der Waals surface area contributed by atoms with E-state index >= 15 is 0 Å². The lowest BCUT2D eigenvalue weighted by atomic mass is 9.99. The zero-order valence-corrected chi connectivity index (χ0v) is 43.3. The molecule has 0 spiro atoms. The second kappa shape index (κ2) is 22.3. The highest BCUT2D eigenvalue weighted by atomic mass is 31.3. The Balaban J connectivity index is 0.945. The van der Waals surface area contributed by atoms with Crippen LogP contribution in [0.3, 0.4) is 0 Å². The van der Waals surface area contributed by atoms with E-state index in [4.69, 9.17) is 53.2 Å². The van der Waals surface area contributed by atoms with Crippen molar-refractivity contribution in [3.63, 3.8) is 0 Å². The van der Waals surface area contributed by atoms with Crippen molar-refractivity contribution in [2.75, 3.05) is 45.0 Å². The summed E-state index contributed by atoms with van der Waals surface area (Å²) >= 11 is 0. The molecule has 37 nitrogen and oxygen atoms in total. The molecule has 0 bridgehead atoms. The number of H-pyrrole nitrogens is 2. The van der Waals surface area contributed by atoms with E-state index in [-0.39, 0.29) is 40.7 Å². The molecule has 3 saturated heterocycles. The first-order valence-electron chi connectivity index (χ1n) is 22.1. The molecule has 0 amide bonds. The number of imidazole rings is 2. The van der Waals surface area contributed by atoms with Gasteiger partial charge in [-0.05, 0) is 13.8 Å². The zero-order valence-electron chi connectivity index (χ0n) is 39.7. The van der Waals surface area contributed by atoms with Crippen molar-refractivity contribution < 1.29 is 108 Å². The molecular formula is C35H51N12O25P4+. The molecule has 4 unspecified atom stereocenters. The van der Waals surface area contributed by atoms with E-state index in [0.717, 1.165) is 36.6 Å². The lowest BCUT2D eigenvalue weighted by Crippen LogP contribution is -2.38. The lowest BCUT2D eigenvalue weighted by Gasteiger charge is -2.26. The third-order valence-corrected chi connectivity index (χ3v) is 17.0. The molecule has 3 fully saturated rings. The molecule has 5 aromatic rings. The van der Waals surface area contributed by atoms with Crippen LogP contribution in [-0.4, -0.2) is 167 Å². The molecule has 8 rings (SSSR count). The molecule has 420 valence electrons. The largest absolute Gasteiger partial charge is 0.490 e. The Hall–Kier alpha value is -4.62. The van der Waals surface area contributed by atoms with Crippen LogP contribution in [0.5, 0.6) is 0 Å². The molecular weight excluding hydrogens is 1110 g/mol. The van der Waals surface area contributed by atoms with Gasteiger partial charge >= 0.3 is 42.5 Å². The molecule has 0 saturated carbocycles. The van der Waals surface area contributed by atoms with E-state index in [2.05, 4.69) is 33.5 Å². The Kier molecular flexibility index (Phi) is 16.9. The van der Waals surface area contributed by atoms with Gasteiger partial charge in [-0.2, -0.15) is 18.2 Å². The van der Waals surface area contributed by atoms with Gasteiger partial charge in [0.15, 0.2) is 23.9 Å². The van der Waals surface area contributed by atoms with Gasteiger partial charge in [-0.25, -0.2) is 42.6 Å². The molecule has 13 N–H and O–H groups in total. The van der Waals surface area contributed by atoms with Crippen LogP contribution in [0.15, 0.2) is 45.6 Å². The summed E-state index contributed by atoms with van der Waals surface area (Å²) in [4.78, 5) is 99.8. The van der Waals surface area contributed by atoms with Crippen molar-refractivity contribution in [3.05, 3.63) is 62.4 Å². The quantitative estimate of drug-likeness (QED) is 0.0240. The number of phosphoric ester groups is 3. The third-order valence-electron chi connectivity index (χ3n) is 11.8. The number of anilines is 2. The molecule has 0 aromatic carbocycles. The predicted octanol–water partition coefficient (Wildman–Crippen LogP) is -3.20. The van der Waals surface area contributed by atoms with Crippen LogP contribution in [0.25, 0.3) is 22.3 Å². The topological polar surface area (TPSA) is 516 Å². The first kappa shape index (κ1) is 57.6. The fraction of sp³-hybridized carbons (Fsp3) is 0.600. The van der Waals surface area contributed by atoms with Gasteiger partial charge in [-0.3, -0.25) is 46.8 Å². The summed E-state index contributed by atoms with van der Waals surface area (Å²) in [5.74, 6) is -1.40. The maximum Gasteiger partial charge on any atom is 0.490 e. The average Bonchev–Trinajstić information content (AvgIpc) is 4.12. The van der Waals surface area contributed by atoms with E-state index in [1.165, 1.54) is 27.1 Å². The van der Waals surface area contributed by atoms with Crippen LogP contribution >= 0.6 is 31.3 Å². The van der Waals surface area contributed by atoms with E-state index in [0.29, 0.717) is 0 Å². The number of hydrogen-bond donors (Lipinski definition) is 11. The average molecular weight is 1160 g/mol. The van der Waals surface area contributed by atoms with Gasteiger partial charge in [0.25, 0.3) is 16.7 Å². The fourth-order valence-electron chi connectivity index (χ4n) is 8.38. The molecule has 8 heterocycles. The maximum absolute atomic E-state index is 13.6. The van der Waals surface area contributed by atoms with Gasteiger partial charge in [0.2, 0.25) is 18.5 Å². The second-order valence-electron chi connectivity index (χ2n) is 17.3. The SMILES string of the molecule is CO[C@@H]1[C@H](OP(=O)(O)OC[C@H]2O[C@@H](n3ccc(=O)[nH]c3=O)[C@H](O)[C@@H]2O)[C@@H](COP(=O)(O)OP(=O)(O)OP(=O)(O)OC[C@H]2O[C@@H](n3c[n+](C)c4c(=O)[nH]c(N)nc43)[C@H](O)[C@@H]2COC(C)C)O[C@H]1n1cnc2c(N)ncnc21. The van der Waals surface area contributed by atoms with E-state index in [1.807, 2.05) is 4.98 Å². The number of nitrogens with zero attached hydrogens (tertiary/aromatic N) is 8. The van der Waals surface area contributed by atoms with Gasteiger partial charge in [-0.15, -0.1) is 0 Å². The number of aliphatic hydroxyl groups excluding tert-OH is 3. The number of aryl methyl sites for hydroxylation is 1. The Bertz CT molecular complexity index is 3320. The zero-order chi connectivity index (χ0) is 55.4. The lowest BCUT2D eigenvalue weighted by molar-refractivity contribution is -0.646. The highest BCUT2D eigenvalue weighted by Gasteiger charge is 2.54. The minimum atomic E-state index is -6.19. The monoisotopic (exact) mass is 1160 g/mol.